The maximum atomic E-state index is 12.2. The molecular formula is C14H16BrN3O. The molecule has 1 heterocycles. The monoisotopic (exact) mass is 321 g/mol. The number of nitrogens with zero attached hydrogens (tertiary/aromatic N) is 2. The first-order valence-electron chi connectivity index (χ1n) is 6.10. The summed E-state index contributed by atoms with van der Waals surface area (Å²) in [5, 5.41) is 7.18. The Kier molecular flexibility index (Phi) is 4.04. The van der Waals surface area contributed by atoms with Crippen molar-refractivity contribution in [3.05, 3.63) is 45.7 Å². The minimum atomic E-state index is -0.123. The van der Waals surface area contributed by atoms with E-state index in [2.05, 4.69) is 26.3 Å². The lowest BCUT2D eigenvalue weighted by Gasteiger charge is -2.06. The van der Waals surface area contributed by atoms with Crippen molar-refractivity contribution in [1.82, 2.24) is 9.78 Å². The summed E-state index contributed by atoms with van der Waals surface area (Å²) in [6.07, 6.45) is 2.49. The average Bonchev–Trinajstić information content (AvgIpc) is 2.69. The lowest BCUT2D eigenvalue weighted by Crippen LogP contribution is -2.13. The molecule has 0 unspecified atom stereocenters. The molecule has 0 aliphatic carbocycles. The van der Waals surface area contributed by atoms with Gasteiger partial charge in [0.2, 0.25) is 0 Å². The van der Waals surface area contributed by atoms with E-state index in [1.165, 1.54) is 0 Å². The third-order valence-electron chi connectivity index (χ3n) is 2.78. The molecule has 5 heteroatoms. The highest BCUT2D eigenvalue weighted by molar-refractivity contribution is 9.10. The number of halogens is 1. The van der Waals surface area contributed by atoms with Gasteiger partial charge in [-0.2, -0.15) is 5.10 Å². The van der Waals surface area contributed by atoms with Gasteiger partial charge in [-0.15, -0.1) is 0 Å². The van der Waals surface area contributed by atoms with E-state index >= 15 is 0 Å². The predicted octanol–water partition coefficient (Wildman–Crippen LogP) is 3.31. The number of benzene rings is 1. The van der Waals surface area contributed by atoms with Crippen molar-refractivity contribution in [2.75, 3.05) is 5.32 Å². The molecule has 0 fully saturated rings. The van der Waals surface area contributed by atoms with Crippen LogP contribution < -0.4 is 5.32 Å². The number of carbonyl (C=O) groups excluding carboxylic acids is 1. The van der Waals surface area contributed by atoms with E-state index in [4.69, 9.17) is 0 Å². The van der Waals surface area contributed by atoms with Crippen molar-refractivity contribution in [3.63, 3.8) is 0 Å². The largest absolute Gasteiger partial charge is 0.322 e. The van der Waals surface area contributed by atoms with Gasteiger partial charge in [-0.05, 0) is 37.1 Å². The molecule has 1 aromatic carbocycles. The number of amides is 1. The standard InChI is InChI=1S/C14H16BrN3O/c1-4-13-12(8-18(3)17-13)14(19)16-11-6-9(2)5-10(15)7-11/h5-8H,4H2,1-3H3,(H,16,19). The first-order chi connectivity index (χ1) is 8.99. The fraction of sp³-hybridized carbons (Fsp3) is 0.286. The maximum absolute atomic E-state index is 12.2. The van der Waals surface area contributed by atoms with Crippen LogP contribution in [0.15, 0.2) is 28.9 Å². The van der Waals surface area contributed by atoms with E-state index in [0.29, 0.717) is 5.56 Å². The fourth-order valence-corrected chi connectivity index (χ4v) is 2.60. The molecule has 2 aromatic rings. The first-order valence-corrected chi connectivity index (χ1v) is 6.90. The summed E-state index contributed by atoms with van der Waals surface area (Å²) in [7, 11) is 1.82. The Morgan fingerprint density at radius 3 is 2.79 bits per heavy atom. The van der Waals surface area contributed by atoms with Crippen molar-refractivity contribution in [2.24, 2.45) is 7.05 Å². The Bertz CT molecular complexity index is 599. The van der Waals surface area contributed by atoms with Gasteiger partial charge in [0, 0.05) is 23.4 Å². The van der Waals surface area contributed by atoms with Crippen LogP contribution in [0.25, 0.3) is 0 Å². The molecule has 0 atom stereocenters. The highest BCUT2D eigenvalue weighted by atomic mass is 79.9. The van der Waals surface area contributed by atoms with Gasteiger partial charge in [0.25, 0.3) is 5.91 Å². The van der Waals surface area contributed by atoms with Crippen LogP contribution in [0.3, 0.4) is 0 Å². The zero-order chi connectivity index (χ0) is 14.0. The number of aryl methyl sites for hydroxylation is 3. The number of hydrogen-bond acceptors (Lipinski definition) is 2. The van der Waals surface area contributed by atoms with E-state index in [0.717, 1.165) is 27.8 Å². The Morgan fingerprint density at radius 1 is 1.42 bits per heavy atom. The Morgan fingerprint density at radius 2 is 2.16 bits per heavy atom. The average molecular weight is 322 g/mol. The number of hydrogen-bond donors (Lipinski definition) is 1. The zero-order valence-corrected chi connectivity index (χ0v) is 12.8. The summed E-state index contributed by atoms with van der Waals surface area (Å²) in [6, 6.07) is 5.81. The summed E-state index contributed by atoms with van der Waals surface area (Å²) < 4.78 is 2.62. The van der Waals surface area contributed by atoms with Crippen LogP contribution in [0, 0.1) is 6.92 Å². The fourth-order valence-electron chi connectivity index (χ4n) is 1.99. The molecule has 4 nitrogen and oxygen atoms in total. The molecule has 0 bridgehead atoms. The molecule has 0 saturated carbocycles. The Hall–Kier alpha value is -1.62. The molecular weight excluding hydrogens is 306 g/mol. The van der Waals surface area contributed by atoms with Crippen molar-refractivity contribution < 1.29 is 4.79 Å². The van der Waals surface area contributed by atoms with Crippen LogP contribution >= 0.6 is 15.9 Å². The minimum absolute atomic E-state index is 0.123. The van der Waals surface area contributed by atoms with Gasteiger partial charge in [0.15, 0.2) is 0 Å². The van der Waals surface area contributed by atoms with Crippen LogP contribution in [-0.2, 0) is 13.5 Å². The number of nitrogens with one attached hydrogen (secondary N) is 1. The first kappa shape index (κ1) is 13.8. The van der Waals surface area contributed by atoms with Gasteiger partial charge in [-0.1, -0.05) is 22.9 Å². The molecule has 1 aromatic heterocycles. The molecule has 0 saturated heterocycles. The second kappa shape index (κ2) is 5.57. The van der Waals surface area contributed by atoms with Crippen molar-refractivity contribution in [1.29, 1.82) is 0 Å². The molecule has 0 aliphatic rings. The zero-order valence-electron chi connectivity index (χ0n) is 11.2. The smallest absolute Gasteiger partial charge is 0.259 e. The molecule has 0 aliphatic heterocycles. The summed E-state index contributed by atoms with van der Waals surface area (Å²) in [5.74, 6) is -0.123. The number of aromatic nitrogens is 2. The normalized spacial score (nSPS) is 10.5. The van der Waals surface area contributed by atoms with Crippen LogP contribution in [0.1, 0.15) is 28.5 Å². The van der Waals surface area contributed by atoms with Gasteiger partial charge in [0.05, 0.1) is 11.3 Å². The predicted molar refractivity (Wildman–Crippen MR) is 79.4 cm³/mol. The Labute approximate surface area is 120 Å². The van der Waals surface area contributed by atoms with Gasteiger partial charge in [-0.25, -0.2) is 0 Å². The topological polar surface area (TPSA) is 46.9 Å². The van der Waals surface area contributed by atoms with E-state index in [-0.39, 0.29) is 5.91 Å². The molecule has 19 heavy (non-hydrogen) atoms. The maximum Gasteiger partial charge on any atom is 0.259 e. The second-order valence-electron chi connectivity index (χ2n) is 4.49. The summed E-state index contributed by atoms with van der Waals surface area (Å²) >= 11 is 3.42. The summed E-state index contributed by atoms with van der Waals surface area (Å²) in [6.45, 7) is 3.98. The lowest BCUT2D eigenvalue weighted by molar-refractivity contribution is 0.102. The van der Waals surface area contributed by atoms with Crippen LogP contribution in [-0.4, -0.2) is 15.7 Å². The highest BCUT2D eigenvalue weighted by Gasteiger charge is 2.14. The number of anilines is 1. The highest BCUT2D eigenvalue weighted by Crippen LogP contribution is 2.20. The van der Waals surface area contributed by atoms with Gasteiger partial charge in [0.1, 0.15) is 0 Å². The molecule has 2 rings (SSSR count). The van der Waals surface area contributed by atoms with Crippen LogP contribution in [0.2, 0.25) is 0 Å². The number of carbonyl (C=O) groups is 1. The quantitative estimate of drug-likeness (QED) is 0.942. The van der Waals surface area contributed by atoms with Gasteiger partial charge in [-0.3, -0.25) is 9.48 Å². The van der Waals surface area contributed by atoms with E-state index in [1.54, 1.807) is 10.9 Å². The Balaban J connectivity index is 2.25. The van der Waals surface area contributed by atoms with Gasteiger partial charge >= 0.3 is 0 Å². The molecule has 0 radical (unpaired) electrons. The van der Waals surface area contributed by atoms with Crippen molar-refractivity contribution in [3.8, 4) is 0 Å². The third kappa shape index (κ3) is 3.23. The summed E-state index contributed by atoms with van der Waals surface area (Å²) in [4.78, 5) is 12.2. The van der Waals surface area contributed by atoms with E-state index < -0.39 is 0 Å². The summed E-state index contributed by atoms with van der Waals surface area (Å²) in [5.41, 5.74) is 3.31. The van der Waals surface area contributed by atoms with Crippen LogP contribution in [0.4, 0.5) is 5.69 Å². The molecule has 1 amide bonds. The van der Waals surface area contributed by atoms with E-state index in [1.807, 2.05) is 39.1 Å². The third-order valence-corrected chi connectivity index (χ3v) is 3.24. The second-order valence-corrected chi connectivity index (χ2v) is 5.40. The SMILES string of the molecule is CCc1nn(C)cc1C(=O)Nc1cc(C)cc(Br)c1. The molecule has 0 spiro atoms. The van der Waals surface area contributed by atoms with Crippen molar-refractivity contribution in [2.45, 2.75) is 20.3 Å². The van der Waals surface area contributed by atoms with Crippen LogP contribution in [0.5, 0.6) is 0 Å². The lowest BCUT2D eigenvalue weighted by atomic mass is 10.2. The van der Waals surface area contributed by atoms with Crippen molar-refractivity contribution >= 4 is 27.5 Å². The van der Waals surface area contributed by atoms with E-state index in [9.17, 15) is 4.79 Å². The van der Waals surface area contributed by atoms with Gasteiger partial charge < -0.3 is 5.32 Å². The minimum Gasteiger partial charge on any atom is -0.322 e. The molecule has 100 valence electrons. The molecule has 1 N–H and O–H groups in total. The number of rotatable bonds is 3.